The first-order valence-electron chi connectivity index (χ1n) is 9.86. The van der Waals surface area contributed by atoms with Crippen molar-refractivity contribution in [1.82, 2.24) is 15.1 Å². The highest BCUT2D eigenvalue weighted by Gasteiger charge is 2.40. The fourth-order valence-corrected chi connectivity index (χ4v) is 3.71. The summed E-state index contributed by atoms with van der Waals surface area (Å²) in [4.78, 5) is 40.5. The molecule has 1 aromatic rings. The number of ether oxygens (including phenoxy) is 1. The summed E-state index contributed by atoms with van der Waals surface area (Å²) < 4.78 is 5.36. The molecule has 0 bridgehead atoms. The van der Waals surface area contributed by atoms with Crippen LogP contribution in [-0.4, -0.2) is 58.9 Å². The Kier molecular flexibility index (Phi) is 5.91. The zero-order valence-electron chi connectivity index (χ0n) is 16.8. The summed E-state index contributed by atoms with van der Waals surface area (Å²) in [5, 5.41) is 3.07. The maximum Gasteiger partial charge on any atom is 0.415 e. The Hall–Kier alpha value is -2.57. The molecule has 7 heteroatoms. The number of hydrogen-bond donors (Lipinski definition) is 1. The zero-order chi connectivity index (χ0) is 20.3. The van der Waals surface area contributed by atoms with E-state index in [0.717, 1.165) is 0 Å². The van der Waals surface area contributed by atoms with E-state index in [1.54, 1.807) is 21.9 Å². The van der Waals surface area contributed by atoms with Crippen LogP contribution in [0.2, 0.25) is 0 Å². The van der Waals surface area contributed by atoms with Crippen LogP contribution >= 0.6 is 0 Å². The van der Waals surface area contributed by atoms with Gasteiger partial charge in [-0.3, -0.25) is 9.59 Å². The van der Waals surface area contributed by atoms with Crippen LogP contribution in [0, 0.1) is 5.92 Å². The molecule has 0 saturated carbocycles. The topological polar surface area (TPSA) is 79.0 Å². The van der Waals surface area contributed by atoms with Gasteiger partial charge in [-0.1, -0.05) is 18.2 Å². The van der Waals surface area contributed by atoms with Crippen LogP contribution in [-0.2, 0) is 9.59 Å². The molecule has 1 aromatic carbocycles. The summed E-state index contributed by atoms with van der Waals surface area (Å²) in [7, 11) is 0. The number of hydrogen-bond acceptors (Lipinski definition) is 4. The van der Waals surface area contributed by atoms with E-state index >= 15 is 0 Å². The van der Waals surface area contributed by atoms with Crippen molar-refractivity contribution in [3.8, 4) is 5.75 Å². The quantitative estimate of drug-likeness (QED) is 0.864. The van der Waals surface area contributed by atoms with Gasteiger partial charge in [-0.25, -0.2) is 4.79 Å². The van der Waals surface area contributed by atoms with Gasteiger partial charge in [0, 0.05) is 37.6 Å². The van der Waals surface area contributed by atoms with Crippen LogP contribution in [0.5, 0.6) is 5.75 Å². The van der Waals surface area contributed by atoms with Crippen LogP contribution in [0.1, 0.15) is 40.0 Å². The third-order valence-electron chi connectivity index (χ3n) is 5.35. The fourth-order valence-electron chi connectivity index (χ4n) is 3.71. The second-order valence-corrected chi connectivity index (χ2v) is 8.53. The minimum atomic E-state index is -0.363. The summed E-state index contributed by atoms with van der Waals surface area (Å²) >= 11 is 0. The number of amides is 3. The molecule has 2 aliphatic heterocycles. The number of piperidine rings is 1. The lowest BCUT2D eigenvalue weighted by atomic mass is 10.0. The molecule has 0 spiro atoms. The molecule has 3 rings (SSSR count). The summed E-state index contributed by atoms with van der Waals surface area (Å²) in [6.07, 6.45) is 1.27. The molecule has 1 unspecified atom stereocenters. The molecule has 0 aliphatic carbocycles. The van der Waals surface area contributed by atoms with Crippen molar-refractivity contribution in [2.75, 3.05) is 19.6 Å². The van der Waals surface area contributed by atoms with Gasteiger partial charge in [-0.05, 0) is 45.7 Å². The molecule has 2 saturated heterocycles. The Morgan fingerprint density at radius 2 is 1.75 bits per heavy atom. The van der Waals surface area contributed by atoms with Crippen molar-refractivity contribution in [2.24, 2.45) is 5.92 Å². The van der Waals surface area contributed by atoms with Gasteiger partial charge >= 0.3 is 6.09 Å². The van der Waals surface area contributed by atoms with E-state index in [-0.39, 0.29) is 41.8 Å². The van der Waals surface area contributed by atoms with Gasteiger partial charge in [-0.15, -0.1) is 0 Å². The minimum Gasteiger partial charge on any atom is -0.410 e. The van der Waals surface area contributed by atoms with Crippen molar-refractivity contribution in [3.63, 3.8) is 0 Å². The fraction of sp³-hybridized carbons (Fsp3) is 0.571. The van der Waals surface area contributed by atoms with Crippen LogP contribution < -0.4 is 10.1 Å². The molecular weight excluding hydrogens is 358 g/mol. The maximum absolute atomic E-state index is 12.6. The van der Waals surface area contributed by atoms with E-state index < -0.39 is 0 Å². The van der Waals surface area contributed by atoms with Crippen LogP contribution in [0.15, 0.2) is 30.3 Å². The highest BCUT2D eigenvalue weighted by molar-refractivity contribution is 5.89. The van der Waals surface area contributed by atoms with E-state index in [1.165, 1.54) is 0 Å². The van der Waals surface area contributed by atoms with Crippen molar-refractivity contribution >= 4 is 17.9 Å². The SMILES string of the molecule is CC(C)(C)N1CC(C(=O)NC2CCN(C(=O)Oc3ccccc3)CC2)CC1=O. The van der Waals surface area contributed by atoms with Crippen molar-refractivity contribution in [2.45, 2.75) is 51.6 Å². The van der Waals surface area contributed by atoms with Gasteiger partial charge in [0.05, 0.1) is 5.92 Å². The average molecular weight is 387 g/mol. The van der Waals surface area contributed by atoms with Gasteiger partial charge in [0.1, 0.15) is 5.75 Å². The number of rotatable bonds is 3. The summed E-state index contributed by atoms with van der Waals surface area (Å²) in [5.74, 6) is 0.196. The first-order chi connectivity index (χ1) is 13.2. The molecule has 2 aliphatic rings. The molecule has 2 heterocycles. The normalized spacial score (nSPS) is 21.0. The lowest BCUT2D eigenvalue weighted by molar-refractivity contribution is -0.132. The van der Waals surface area contributed by atoms with Crippen LogP contribution in [0.4, 0.5) is 4.79 Å². The molecule has 0 aromatic heterocycles. The summed E-state index contributed by atoms with van der Waals surface area (Å²) in [6, 6.07) is 9.01. The number of benzene rings is 1. The maximum atomic E-state index is 12.6. The van der Waals surface area contributed by atoms with Crippen molar-refractivity contribution in [3.05, 3.63) is 30.3 Å². The molecule has 7 nitrogen and oxygen atoms in total. The molecule has 152 valence electrons. The number of carbonyl (C=O) groups is 3. The number of para-hydroxylation sites is 1. The van der Waals surface area contributed by atoms with E-state index in [4.69, 9.17) is 4.74 Å². The molecule has 2 fully saturated rings. The third-order valence-corrected chi connectivity index (χ3v) is 5.35. The molecule has 1 atom stereocenters. The Bertz CT molecular complexity index is 721. The van der Waals surface area contributed by atoms with E-state index in [2.05, 4.69) is 5.32 Å². The molecule has 1 N–H and O–H groups in total. The Morgan fingerprint density at radius 1 is 1.11 bits per heavy atom. The van der Waals surface area contributed by atoms with Gasteiger partial charge in [0.2, 0.25) is 11.8 Å². The second-order valence-electron chi connectivity index (χ2n) is 8.53. The van der Waals surface area contributed by atoms with Crippen LogP contribution in [0.25, 0.3) is 0 Å². The van der Waals surface area contributed by atoms with Crippen molar-refractivity contribution < 1.29 is 19.1 Å². The molecule has 3 amide bonds. The average Bonchev–Trinajstić information content (AvgIpc) is 3.05. The minimum absolute atomic E-state index is 0.0204. The van der Waals surface area contributed by atoms with Gasteiger partial charge in [0.15, 0.2) is 0 Å². The first kappa shape index (κ1) is 20.2. The molecular formula is C21H29N3O4. The predicted octanol–water partition coefficient (Wildman–Crippen LogP) is 2.41. The number of nitrogens with one attached hydrogen (secondary N) is 1. The first-order valence-corrected chi connectivity index (χ1v) is 9.86. The Morgan fingerprint density at radius 3 is 2.32 bits per heavy atom. The smallest absolute Gasteiger partial charge is 0.410 e. The summed E-state index contributed by atoms with van der Waals surface area (Å²) in [6.45, 7) is 7.49. The van der Waals surface area contributed by atoms with E-state index in [9.17, 15) is 14.4 Å². The van der Waals surface area contributed by atoms with Gasteiger partial charge < -0.3 is 19.9 Å². The predicted molar refractivity (Wildman–Crippen MR) is 105 cm³/mol. The van der Waals surface area contributed by atoms with Crippen LogP contribution in [0.3, 0.4) is 0 Å². The zero-order valence-corrected chi connectivity index (χ0v) is 16.8. The largest absolute Gasteiger partial charge is 0.415 e. The Balaban J connectivity index is 1.45. The van der Waals surface area contributed by atoms with E-state index in [0.29, 0.717) is 38.2 Å². The standard InChI is InChI=1S/C21H29N3O4/c1-21(2,3)24-14-15(13-18(24)25)19(26)22-16-9-11-23(12-10-16)20(27)28-17-7-5-4-6-8-17/h4-8,15-16H,9-14H2,1-3H3,(H,22,26). The van der Waals surface area contributed by atoms with Gasteiger partial charge in [0.25, 0.3) is 0 Å². The lowest BCUT2D eigenvalue weighted by Crippen LogP contribution is -2.49. The molecule has 28 heavy (non-hydrogen) atoms. The number of carbonyl (C=O) groups excluding carboxylic acids is 3. The van der Waals surface area contributed by atoms with E-state index in [1.807, 2.05) is 39.0 Å². The number of nitrogens with zero attached hydrogens (tertiary/aromatic N) is 2. The highest BCUT2D eigenvalue weighted by atomic mass is 16.6. The lowest BCUT2D eigenvalue weighted by Gasteiger charge is -2.33. The number of likely N-dealkylation sites (tertiary alicyclic amines) is 2. The third kappa shape index (κ3) is 4.82. The molecule has 0 radical (unpaired) electrons. The Labute approximate surface area is 166 Å². The van der Waals surface area contributed by atoms with Gasteiger partial charge in [-0.2, -0.15) is 0 Å². The monoisotopic (exact) mass is 387 g/mol. The second kappa shape index (κ2) is 8.20. The summed E-state index contributed by atoms with van der Waals surface area (Å²) in [5.41, 5.74) is -0.267. The highest BCUT2D eigenvalue weighted by Crippen LogP contribution is 2.26. The van der Waals surface area contributed by atoms with Crippen molar-refractivity contribution in [1.29, 1.82) is 0 Å².